The zero-order chi connectivity index (χ0) is 23.4. The molecule has 3 aromatic carbocycles. The molecule has 1 aromatic heterocycles. The van der Waals surface area contributed by atoms with Gasteiger partial charge in [0.05, 0.1) is 19.1 Å². The topological polar surface area (TPSA) is 113 Å². The molecule has 0 fully saturated rings. The number of hydrogen-bond donors (Lipinski definition) is 1. The quantitative estimate of drug-likeness (QED) is 0.279. The Balaban J connectivity index is 1.62. The highest BCUT2D eigenvalue weighted by atomic mass is 16.6. The Bertz CT molecular complexity index is 1270. The number of ether oxygens (including phenoxy) is 2. The van der Waals surface area contributed by atoms with Crippen molar-refractivity contribution in [2.24, 2.45) is 0 Å². The molecule has 4 rings (SSSR count). The van der Waals surface area contributed by atoms with E-state index in [1.54, 1.807) is 37.4 Å². The van der Waals surface area contributed by atoms with Crippen LogP contribution in [0.1, 0.15) is 18.5 Å². The molecule has 1 atom stereocenters. The summed E-state index contributed by atoms with van der Waals surface area (Å²) < 4.78 is 15.9. The van der Waals surface area contributed by atoms with Crippen LogP contribution < -0.4 is 14.8 Å². The summed E-state index contributed by atoms with van der Waals surface area (Å²) in [4.78, 5) is 15.7. The molecule has 0 saturated heterocycles. The van der Waals surface area contributed by atoms with Gasteiger partial charge in [-0.1, -0.05) is 35.5 Å². The predicted octanol–water partition coefficient (Wildman–Crippen LogP) is 5.50. The van der Waals surface area contributed by atoms with Gasteiger partial charge in [0.25, 0.3) is 11.6 Å². The van der Waals surface area contributed by atoms with Crippen molar-refractivity contribution in [2.75, 3.05) is 19.5 Å². The van der Waals surface area contributed by atoms with E-state index < -0.39 is 4.92 Å². The molecule has 0 spiro atoms. The van der Waals surface area contributed by atoms with Crippen molar-refractivity contribution in [3.05, 3.63) is 82.4 Å². The van der Waals surface area contributed by atoms with Crippen LogP contribution in [0, 0.1) is 10.1 Å². The van der Waals surface area contributed by atoms with E-state index in [1.165, 1.54) is 13.2 Å². The van der Waals surface area contributed by atoms with Crippen molar-refractivity contribution in [3.63, 3.8) is 0 Å². The van der Waals surface area contributed by atoms with Gasteiger partial charge in [-0.3, -0.25) is 10.1 Å². The van der Waals surface area contributed by atoms with Crippen LogP contribution in [-0.2, 0) is 0 Å². The van der Waals surface area contributed by atoms with Gasteiger partial charge in [-0.25, -0.2) is 0 Å². The highest BCUT2D eigenvalue weighted by Gasteiger charge is 2.20. The fourth-order valence-corrected chi connectivity index (χ4v) is 3.43. The van der Waals surface area contributed by atoms with Gasteiger partial charge in [0.15, 0.2) is 11.5 Å². The number of anilines is 1. The standard InChI is InChI=1S/C24H22N4O5/c1-15(16-7-5-4-6-8-16)25-19-11-9-18(13-20(19)28(29)30)24-26-23(27-33-24)17-10-12-21(31-2)22(14-17)32-3/h4-15,25H,1-3H3/t15-/m1/s1. The first-order valence-corrected chi connectivity index (χ1v) is 10.2. The highest BCUT2D eigenvalue weighted by molar-refractivity contribution is 5.71. The number of aromatic nitrogens is 2. The lowest BCUT2D eigenvalue weighted by molar-refractivity contribution is -0.383. The zero-order valence-corrected chi connectivity index (χ0v) is 18.3. The summed E-state index contributed by atoms with van der Waals surface area (Å²) >= 11 is 0. The van der Waals surface area contributed by atoms with E-state index in [0.717, 1.165) is 5.56 Å². The Hall–Kier alpha value is -4.40. The second kappa shape index (κ2) is 9.39. The van der Waals surface area contributed by atoms with Crippen molar-refractivity contribution >= 4 is 11.4 Å². The minimum Gasteiger partial charge on any atom is -0.493 e. The van der Waals surface area contributed by atoms with Crippen LogP contribution in [0.25, 0.3) is 22.8 Å². The molecule has 9 heteroatoms. The van der Waals surface area contributed by atoms with Crippen molar-refractivity contribution in [1.29, 1.82) is 0 Å². The van der Waals surface area contributed by atoms with E-state index in [0.29, 0.717) is 34.1 Å². The van der Waals surface area contributed by atoms with E-state index >= 15 is 0 Å². The molecule has 168 valence electrons. The van der Waals surface area contributed by atoms with Crippen molar-refractivity contribution in [1.82, 2.24) is 10.1 Å². The maximum atomic E-state index is 11.8. The monoisotopic (exact) mass is 446 g/mol. The molecule has 0 amide bonds. The third-order valence-corrected chi connectivity index (χ3v) is 5.18. The Morgan fingerprint density at radius 2 is 1.70 bits per heavy atom. The molecule has 0 bridgehead atoms. The summed E-state index contributed by atoms with van der Waals surface area (Å²) in [5.41, 5.74) is 2.44. The van der Waals surface area contributed by atoms with Crippen LogP contribution >= 0.6 is 0 Å². The van der Waals surface area contributed by atoms with Crippen LogP contribution in [0.15, 0.2) is 71.3 Å². The number of nitro groups is 1. The molecule has 0 aliphatic carbocycles. The van der Waals surface area contributed by atoms with Crippen molar-refractivity contribution in [2.45, 2.75) is 13.0 Å². The van der Waals surface area contributed by atoms with Gasteiger partial charge in [-0.2, -0.15) is 4.98 Å². The SMILES string of the molecule is COc1ccc(-c2noc(-c3ccc(N[C@H](C)c4ccccc4)c([N+](=O)[O-])c3)n2)cc1OC. The van der Waals surface area contributed by atoms with Gasteiger partial charge in [0, 0.05) is 23.2 Å². The maximum Gasteiger partial charge on any atom is 0.293 e. The molecule has 0 radical (unpaired) electrons. The zero-order valence-electron chi connectivity index (χ0n) is 18.3. The van der Waals surface area contributed by atoms with Crippen molar-refractivity contribution < 1.29 is 18.9 Å². The lowest BCUT2D eigenvalue weighted by Gasteiger charge is -2.16. The first kappa shape index (κ1) is 21.8. The summed E-state index contributed by atoms with van der Waals surface area (Å²) in [6.07, 6.45) is 0. The molecule has 0 aliphatic rings. The van der Waals surface area contributed by atoms with E-state index in [2.05, 4.69) is 15.5 Å². The number of benzene rings is 3. The van der Waals surface area contributed by atoms with Crippen molar-refractivity contribution in [3.8, 4) is 34.3 Å². The van der Waals surface area contributed by atoms with Crippen LogP contribution in [0.3, 0.4) is 0 Å². The third kappa shape index (κ3) is 4.62. The van der Waals surface area contributed by atoms with Gasteiger partial charge in [0.1, 0.15) is 5.69 Å². The lowest BCUT2D eigenvalue weighted by Crippen LogP contribution is -2.08. The molecule has 0 unspecified atom stereocenters. The van der Waals surface area contributed by atoms with Crippen LogP contribution in [0.4, 0.5) is 11.4 Å². The van der Waals surface area contributed by atoms with E-state index in [9.17, 15) is 10.1 Å². The van der Waals surface area contributed by atoms with Crippen LogP contribution in [-0.4, -0.2) is 29.3 Å². The van der Waals surface area contributed by atoms with Gasteiger partial charge < -0.3 is 19.3 Å². The van der Waals surface area contributed by atoms with E-state index in [4.69, 9.17) is 14.0 Å². The van der Waals surface area contributed by atoms with Crippen LogP contribution in [0.5, 0.6) is 11.5 Å². The van der Waals surface area contributed by atoms with Gasteiger partial charge in [-0.05, 0) is 42.8 Å². The fourth-order valence-electron chi connectivity index (χ4n) is 3.43. The number of nitrogens with zero attached hydrogens (tertiary/aromatic N) is 3. The molecule has 1 heterocycles. The molecule has 9 nitrogen and oxygen atoms in total. The fraction of sp³-hybridized carbons (Fsp3) is 0.167. The van der Waals surface area contributed by atoms with Gasteiger partial charge in [-0.15, -0.1) is 0 Å². The number of rotatable bonds is 8. The Kier molecular flexibility index (Phi) is 6.21. The lowest BCUT2D eigenvalue weighted by atomic mass is 10.1. The normalized spacial score (nSPS) is 11.6. The molecule has 1 N–H and O–H groups in total. The molecule has 33 heavy (non-hydrogen) atoms. The minimum absolute atomic E-state index is 0.0823. The smallest absolute Gasteiger partial charge is 0.293 e. The molecular formula is C24H22N4O5. The number of methoxy groups -OCH3 is 2. The minimum atomic E-state index is -0.435. The summed E-state index contributed by atoms with van der Waals surface area (Å²) in [5, 5.41) is 19.0. The summed E-state index contributed by atoms with van der Waals surface area (Å²) in [6.45, 7) is 1.94. The first-order valence-electron chi connectivity index (χ1n) is 10.2. The van der Waals surface area contributed by atoms with Gasteiger partial charge >= 0.3 is 0 Å². The second-order valence-electron chi connectivity index (χ2n) is 7.26. The predicted molar refractivity (Wildman–Crippen MR) is 123 cm³/mol. The molecular weight excluding hydrogens is 424 g/mol. The third-order valence-electron chi connectivity index (χ3n) is 5.18. The average molecular weight is 446 g/mol. The number of hydrogen-bond acceptors (Lipinski definition) is 8. The Labute approximate surface area is 190 Å². The largest absolute Gasteiger partial charge is 0.493 e. The summed E-state index contributed by atoms with van der Waals surface area (Å²) in [5.74, 6) is 1.60. The molecule has 4 aromatic rings. The van der Waals surface area contributed by atoms with Crippen LogP contribution in [0.2, 0.25) is 0 Å². The first-order chi connectivity index (χ1) is 16.0. The average Bonchev–Trinajstić information content (AvgIpc) is 3.34. The Morgan fingerprint density at radius 1 is 0.970 bits per heavy atom. The highest BCUT2D eigenvalue weighted by Crippen LogP contribution is 2.34. The number of nitro benzene ring substituents is 1. The maximum absolute atomic E-state index is 11.8. The second-order valence-corrected chi connectivity index (χ2v) is 7.26. The summed E-state index contributed by atoms with van der Waals surface area (Å²) in [6, 6.07) is 19.6. The molecule has 0 aliphatic heterocycles. The van der Waals surface area contributed by atoms with Gasteiger partial charge in [0.2, 0.25) is 5.82 Å². The Morgan fingerprint density at radius 3 is 2.39 bits per heavy atom. The van der Waals surface area contributed by atoms with E-state index in [1.807, 2.05) is 37.3 Å². The van der Waals surface area contributed by atoms with E-state index in [-0.39, 0.29) is 17.6 Å². The molecule has 0 saturated carbocycles. The number of nitrogens with one attached hydrogen (secondary N) is 1. The summed E-state index contributed by atoms with van der Waals surface area (Å²) in [7, 11) is 3.09.